The number of Topliss-reactive ketones (excluding diaryl/α,β-unsaturated/α-hetero) is 1. The van der Waals surface area contributed by atoms with Crippen molar-refractivity contribution in [1.29, 1.82) is 0 Å². The van der Waals surface area contributed by atoms with Crippen LogP contribution in [0.25, 0.3) is 0 Å². The summed E-state index contributed by atoms with van der Waals surface area (Å²) >= 11 is 3.91. The van der Waals surface area contributed by atoms with Gasteiger partial charge in [0.25, 0.3) is 11.8 Å². The van der Waals surface area contributed by atoms with Gasteiger partial charge in [-0.1, -0.05) is 62.3 Å². The molecule has 1 aliphatic rings. The summed E-state index contributed by atoms with van der Waals surface area (Å²) in [5.74, 6) is -0.152. The molecule has 2 rings (SSSR count). The first-order valence-corrected chi connectivity index (χ1v) is 21.2. The van der Waals surface area contributed by atoms with Crippen molar-refractivity contribution in [1.82, 2.24) is 25.8 Å². The number of ether oxygens (including phenoxy) is 3. The van der Waals surface area contributed by atoms with Gasteiger partial charge in [-0.15, -0.1) is 11.7 Å². The maximum Gasteiger partial charge on any atom is 0.254 e. The normalized spacial score (nSPS) is 11.0. The third-order valence-corrected chi connectivity index (χ3v) is 7.70. The molecule has 0 radical (unpaired) electrons. The molecule has 2 heterocycles. The zero-order chi connectivity index (χ0) is 41.8. The predicted octanol–water partition coefficient (Wildman–Crippen LogP) is 5.48. The molecule has 0 saturated carbocycles. The highest BCUT2D eigenvalue weighted by molar-refractivity contribution is 8.68. The molecule has 14 nitrogen and oxygen atoms in total. The molecule has 0 unspecified atom stereocenters. The largest absolute Gasteiger partial charge is 0.382 e. The number of thiol groups is 1. The van der Waals surface area contributed by atoms with E-state index in [1.807, 2.05) is 39.0 Å². The Kier molecular flexibility index (Phi) is 45.9. The van der Waals surface area contributed by atoms with E-state index in [1.54, 1.807) is 19.4 Å². The van der Waals surface area contributed by atoms with Crippen LogP contribution in [-0.4, -0.2) is 111 Å². The third-order valence-electron chi connectivity index (χ3n) is 6.77. The highest BCUT2D eigenvalue weighted by Gasteiger charge is 2.23. The van der Waals surface area contributed by atoms with Gasteiger partial charge < -0.3 is 30.2 Å². The zero-order valence-corrected chi connectivity index (χ0v) is 35.8. The van der Waals surface area contributed by atoms with E-state index in [1.165, 1.54) is 43.4 Å². The molecule has 0 spiro atoms. The second-order valence-electron chi connectivity index (χ2n) is 11.6. The Morgan fingerprint density at radius 2 is 1.29 bits per heavy atom. The minimum absolute atomic E-state index is 0.0139. The van der Waals surface area contributed by atoms with Gasteiger partial charge in [0, 0.05) is 83.2 Å². The lowest BCUT2D eigenvalue weighted by Gasteiger charge is -2.09. The van der Waals surface area contributed by atoms with Crippen LogP contribution in [0.4, 0.5) is 0 Å². The monoisotopic (exact) mass is 815 g/mol. The number of hydrogen-bond donors (Lipinski definition) is 4. The smallest absolute Gasteiger partial charge is 0.254 e. The Labute approximate surface area is 339 Å². The third kappa shape index (κ3) is 45.0. The molecule has 1 aliphatic heterocycles. The van der Waals surface area contributed by atoms with Gasteiger partial charge in [0.05, 0.1) is 6.54 Å². The average Bonchev–Trinajstić information content (AvgIpc) is 3.50. The summed E-state index contributed by atoms with van der Waals surface area (Å²) in [6.45, 7) is 13.3. The molecule has 16 heteroatoms. The Morgan fingerprint density at radius 3 is 1.73 bits per heavy atom. The molecule has 0 aromatic carbocycles. The van der Waals surface area contributed by atoms with Crippen molar-refractivity contribution in [3.05, 3.63) is 42.7 Å². The fraction of sp³-hybridized carbons (Fsp3) is 0.667. The number of unbranched alkanes of at least 4 members (excludes halogenated alkanes) is 7. The van der Waals surface area contributed by atoms with Crippen LogP contribution in [0.5, 0.6) is 0 Å². The van der Waals surface area contributed by atoms with Crippen molar-refractivity contribution in [2.24, 2.45) is 0 Å². The number of imide groups is 1. The van der Waals surface area contributed by atoms with Crippen LogP contribution in [-0.2, 0) is 43.0 Å². The minimum Gasteiger partial charge on any atom is -0.382 e. The molecule has 0 bridgehead atoms. The minimum atomic E-state index is -0.412. The molecular weight excluding hydrogens is 747 g/mol. The maximum atomic E-state index is 11.2. The number of nitrogens with one attached hydrogen (secondary N) is 3. The summed E-state index contributed by atoms with van der Waals surface area (Å²) in [6.07, 6.45) is 17.3. The van der Waals surface area contributed by atoms with E-state index >= 15 is 0 Å². The summed E-state index contributed by atoms with van der Waals surface area (Å²) in [5, 5.41) is 8.10. The molecule has 1 aromatic rings. The summed E-state index contributed by atoms with van der Waals surface area (Å²) in [4.78, 5) is 69.9. The van der Waals surface area contributed by atoms with Crippen LogP contribution in [0.2, 0.25) is 0 Å². The molecule has 0 saturated heterocycles. The quantitative estimate of drug-likeness (QED) is 0.0323. The Balaban J connectivity index is -0.000000671. The Morgan fingerprint density at radius 1 is 0.727 bits per heavy atom. The lowest BCUT2D eigenvalue weighted by atomic mass is 10.1. The number of nitrogens with zero attached hydrogens (tertiary/aromatic N) is 2. The lowest BCUT2D eigenvalue weighted by molar-refractivity contribution is -0.140. The van der Waals surface area contributed by atoms with Gasteiger partial charge >= 0.3 is 0 Å². The van der Waals surface area contributed by atoms with Crippen LogP contribution in [0, 0.1) is 0 Å². The van der Waals surface area contributed by atoms with Gasteiger partial charge in [0.15, 0.2) is 0 Å². The molecule has 316 valence electrons. The van der Waals surface area contributed by atoms with E-state index in [0.717, 1.165) is 74.7 Å². The molecule has 0 fully saturated rings. The fourth-order valence-electron chi connectivity index (χ4n) is 3.94. The number of amides is 5. The molecule has 3 N–H and O–H groups in total. The molecule has 1 aromatic heterocycles. The molecular formula is C39H69N5O9S2. The van der Waals surface area contributed by atoms with E-state index in [0.29, 0.717) is 32.8 Å². The summed E-state index contributed by atoms with van der Waals surface area (Å²) < 4.78 is 14.9. The van der Waals surface area contributed by atoms with Crippen LogP contribution in [0.3, 0.4) is 0 Å². The topological polar surface area (TPSA) is 182 Å². The number of rotatable bonds is 25. The number of aromatic nitrogens is 1. The second kappa shape index (κ2) is 45.1. The van der Waals surface area contributed by atoms with Crippen LogP contribution >= 0.6 is 22.5 Å². The van der Waals surface area contributed by atoms with Crippen molar-refractivity contribution in [3.63, 3.8) is 0 Å². The average molecular weight is 816 g/mol. The van der Waals surface area contributed by atoms with Crippen LogP contribution < -0.4 is 16.0 Å². The maximum absolute atomic E-state index is 11.2. The van der Waals surface area contributed by atoms with Gasteiger partial charge in [-0.25, -0.2) is 0 Å². The lowest BCUT2D eigenvalue weighted by Crippen LogP contribution is -2.34. The highest BCUT2D eigenvalue weighted by Crippen LogP contribution is 2.09. The van der Waals surface area contributed by atoms with Crippen molar-refractivity contribution >= 4 is 57.8 Å². The van der Waals surface area contributed by atoms with Gasteiger partial charge in [-0.2, -0.15) is 0 Å². The number of carbonyl (C=O) groups excluding carboxylic acids is 6. The van der Waals surface area contributed by atoms with Crippen molar-refractivity contribution in [2.75, 3.05) is 65.7 Å². The van der Waals surface area contributed by atoms with E-state index < -0.39 is 11.8 Å². The number of carbonyl (C=O) groups is 6. The number of ketones is 1. The van der Waals surface area contributed by atoms with E-state index in [2.05, 4.69) is 39.5 Å². The SMILES string of the molecule is CC(=O)CN1C(=O)C=CC1=O.CCCOCC.CCOCC(=O)NCCCCCCCCCCC(=O)NC.CCOCNC(=O)CCSS.c1ccncc1. The van der Waals surface area contributed by atoms with Gasteiger partial charge in [-0.3, -0.25) is 38.7 Å². The van der Waals surface area contributed by atoms with Crippen molar-refractivity contribution in [2.45, 2.75) is 105 Å². The summed E-state index contributed by atoms with van der Waals surface area (Å²) in [6, 6.07) is 5.72. The van der Waals surface area contributed by atoms with Crippen molar-refractivity contribution < 1.29 is 43.0 Å². The first-order chi connectivity index (χ1) is 26.5. The van der Waals surface area contributed by atoms with Crippen LogP contribution in [0.15, 0.2) is 42.7 Å². The standard InChI is InChI=1S/C16H32N2O3.C7H7NO3.C6H13NO2S2.C5H5N.C5H12O/c1-3-21-14-16(20)18-13-11-9-7-5-4-6-8-10-12-15(19)17-2;1-5(9)4-8-6(10)2-3-7(8)11;1-2-9-5-7-6(8)3-4-11-10;1-2-4-6-5-3-1;1-3-5-6-4-2/h3-14H2,1-2H3,(H,17,19)(H,18,20);2-3H,4H2,1H3;10H,2-5H2,1H3,(H,7,8);1-5H;3-5H2,1-2H3. The van der Waals surface area contributed by atoms with Gasteiger partial charge in [0.2, 0.25) is 17.7 Å². The predicted molar refractivity (Wildman–Crippen MR) is 223 cm³/mol. The fourth-order valence-corrected chi connectivity index (χ4v) is 4.49. The van der Waals surface area contributed by atoms with Crippen LogP contribution in [0.1, 0.15) is 105 Å². The van der Waals surface area contributed by atoms with E-state index in [9.17, 15) is 28.8 Å². The Bertz CT molecular complexity index is 1080. The number of hydrogen-bond acceptors (Lipinski definition) is 12. The van der Waals surface area contributed by atoms with E-state index in [4.69, 9.17) is 14.2 Å². The second-order valence-corrected chi connectivity index (χ2v) is 13.0. The van der Waals surface area contributed by atoms with Gasteiger partial charge in [-0.05, 0) is 59.1 Å². The highest BCUT2D eigenvalue weighted by atomic mass is 33.1. The molecule has 55 heavy (non-hydrogen) atoms. The zero-order valence-electron chi connectivity index (χ0n) is 34.1. The summed E-state index contributed by atoms with van der Waals surface area (Å²) in [7, 11) is 3.04. The first-order valence-electron chi connectivity index (χ1n) is 19.2. The van der Waals surface area contributed by atoms with Gasteiger partial charge in [0.1, 0.15) is 19.1 Å². The van der Waals surface area contributed by atoms with E-state index in [-0.39, 0.29) is 36.7 Å². The molecule has 0 atom stereocenters. The Hall–Kier alpha value is -3.31. The molecule has 5 amide bonds. The molecule has 0 aliphatic carbocycles. The summed E-state index contributed by atoms with van der Waals surface area (Å²) in [5.41, 5.74) is 0. The first kappa shape index (κ1) is 56.0. The van der Waals surface area contributed by atoms with Crippen molar-refractivity contribution in [3.8, 4) is 0 Å². The number of pyridine rings is 1.